The van der Waals surface area contributed by atoms with E-state index in [1.807, 2.05) is 43.3 Å². The molecule has 0 aliphatic carbocycles. The number of amides is 2. The topological polar surface area (TPSA) is 67.9 Å². The molecule has 6 heteroatoms. The van der Waals surface area contributed by atoms with E-state index in [-0.39, 0.29) is 11.8 Å². The summed E-state index contributed by atoms with van der Waals surface area (Å²) >= 11 is 0. The van der Waals surface area contributed by atoms with E-state index in [4.69, 9.17) is 9.47 Å². The molecular formula is C24H30N2O4. The highest BCUT2D eigenvalue weighted by Gasteiger charge is 2.38. The summed E-state index contributed by atoms with van der Waals surface area (Å²) in [7, 11) is 1.62. The van der Waals surface area contributed by atoms with Gasteiger partial charge in [0.25, 0.3) is 5.91 Å². The van der Waals surface area contributed by atoms with Gasteiger partial charge in [0.2, 0.25) is 5.91 Å². The summed E-state index contributed by atoms with van der Waals surface area (Å²) in [6.07, 6.45) is 3.28. The van der Waals surface area contributed by atoms with Crippen molar-refractivity contribution in [2.45, 2.75) is 52.6 Å². The average molecular weight is 411 g/mol. The van der Waals surface area contributed by atoms with Crippen molar-refractivity contribution in [3.05, 3.63) is 53.1 Å². The van der Waals surface area contributed by atoms with Crippen LogP contribution in [-0.2, 0) is 16.1 Å². The van der Waals surface area contributed by atoms with E-state index in [0.29, 0.717) is 24.7 Å². The minimum Gasteiger partial charge on any atom is -0.493 e. The van der Waals surface area contributed by atoms with Crippen LogP contribution in [0.5, 0.6) is 11.5 Å². The lowest BCUT2D eigenvalue weighted by Gasteiger charge is -2.20. The number of fused-ring (bicyclic) bond motifs is 1. The fourth-order valence-electron chi connectivity index (χ4n) is 3.83. The number of hydrogen-bond donors (Lipinski definition) is 1. The van der Waals surface area contributed by atoms with Crippen molar-refractivity contribution in [1.82, 2.24) is 5.32 Å². The van der Waals surface area contributed by atoms with Gasteiger partial charge in [0, 0.05) is 12.5 Å². The quantitative estimate of drug-likeness (QED) is 0.626. The summed E-state index contributed by atoms with van der Waals surface area (Å²) < 4.78 is 11.4. The fourth-order valence-corrected chi connectivity index (χ4v) is 3.83. The summed E-state index contributed by atoms with van der Waals surface area (Å²) in [6.45, 7) is 6.60. The summed E-state index contributed by atoms with van der Waals surface area (Å²) in [5.74, 6) is 0.999. The zero-order valence-corrected chi connectivity index (χ0v) is 18.2. The monoisotopic (exact) mass is 410 g/mol. The molecule has 2 amide bonds. The van der Waals surface area contributed by atoms with Crippen LogP contribution in [0.2, 0.25) is 0 Å². The Balaban J connectivity index is 1.83. The van der Waals surface area contributed by atoms with Crippen LogP contribution in [-0.4, -0.2) is 25.5 Å². The molecule has 1 heterocycles. The van der Waals surface area contributed by atoms with Gasteiger partial charge in [0.1, 0.15) is 6.04 Å². The highest BCUT2D eigenvalue weighted by molar-refractivity contribution is 6.06. The second-order valence-electron chi connectivity index (χ2n) is 7.61. The summed E-state index contributed by atoms with van der Waals surface area (Å²) in [5.41, 5.74) is 3.62. The standard InChI is InChI=1S/C24H30N2O4/c1-5-6-7-13-30-20-12-11-18(14-21(20)29-4)15-26-23-16(2)9-8-10-19(23)22(24(26)28)25-17(3)27/h8-12,14,22H,5-7,13,15H2,1-4H3,(H,25,27)/t22-/m0/s1. The largest absolute Gasteiger partial charge is 0.493 e. The number of nitrogens with zero attached hydrogens (tertiary/aromatic N) is 1. The number of rotatable bonds is 9. The molecule has 0 radical (unpaired) electrons. The molecule has 0 spiro atoms. The number of unbranched alkanes of at least 4 members (excludes halogenated alkanes) is 2. The van der Waals surface area contributed by atoms with Crippen LogP contribution in [0, 0.1) is 6.92 Å². The van der Waals surface area contributed by atoms with Gasteiger partial charge in [-0.2, -0.15) is 0 Å². The molecular weight excluding hydrogens is 380 g/mol. The predicted molar refractivity (Wildman–Crippen MR) is 117 cm³/mol. The van der Waals surface area contributed by atoms with Gasteiger partial charge >= 0.3 is 0 Å². The van der Waals surface area contributed by atoms with Crippen molar-refractivity contribution in [2.75, 3.05) is 18.6 Å². The number of carbonyl (C=O) groups excluding carboxylic acids is 2. The van der Waals surface area contributed by atoms with E-state index in [0.717, 1.165) is 41.6 Å². The highest BCUT2D eigenvalue weighted by atomic mass is 16.5. The van der Waals surface area contributed by atoms with Gasteiger partial charge in [-0.25, -0.2) is 0 Å². The molecule has 0 aromatic heterocycles. The molecule has 6 nitrogen and oxygen atoms in total. The zero-order valence-electron chi connectivity index (χ0n) is 18.2. The summed E-state index contributed by atoms with van der Waals surface area (Å²) in [6, 6.07) is 10.9. The molecule has 30 heavy (non-hydrogen) atoms. The molecule has 1 aliphatic heterocycles. The molecule has 3 rings (SSSR count). The third kappa shape index (κ3) is 4.58. The van der Waals surface area contributed by atoms with Gasteiger partial charge < -0.3 is 19.7 Å². The van der Waals surface area contributed by atoms with Gasteiger partial charge in [-0.05, 0) is 36.6 Å². The first kappa shape index (κ1) is 21.7. The number of hydrogen-bond acceptors (Lipinski definition) is 4. The lowest BCUT2D eigenvalue weighted by Crippen LogP contribution is -2.36. The minimum atomic E-state index is -0.652. The Bertz CT molecular complexity index is 925. The first-order chi connectivity index (χ1) is 14.5. The van der Waals surface area contributed by atoms with E-state index in [1.165, 1.54) is 6.92 Å². The van der Waals surface area contributed by atoms with Crippen LogP contribution in [0.15, 0.2) is 36.4 Å². The Hall–Kier alpha value is -3.02. The molecule has 0 unspecified atom stereocenters. The number of para-hydroxylation sites is 1. The van der Waals surface area contributed by atoms with Crippen LogP contribution in [0.25, 0.3) is 0 Å². The summed E-state index contributed by atoms with van der Waals surface area (Å²) in [4.78, 5) is 26.5. The van der Waals surface area contributed by atoms with Gasteiger partial charge in [0.15, 0.2) is 11.5 Å². The second-order valence-corrected chi connectivity index (χ2v) is 7.61. The highest BCUT2D eigenvalue weighted by Crippen LogP contribution is 2.40. The number of methoxy groups -OCH3 is 1. The van der Waals surface area contributed by atoms with Gasteiger partial charge in [0.05, 0.1) is 25.9 Å². The van der Waals surface area contributed by atoms with Gasteiger partial charge in [-0.3, -0.25) is 9.59 Å². The van der Waals surface area contributed by atoms with E-state index >= 15 is 0 Å². The normalized spacial score (nSPS) is 15.1. The third-order valence-corrected chi connectivity index (χ3v) is 5.28. The van der Waals surface area contributed by atoms with Crippen LogP contribution in [0.1, 0.15) is 55.8 Å². The van der Waals surface area contributed by atoms with Gasteiger partial charge in [-0.1, -0.05) is 44.0 Å². The van der Waals surface area contributed by atoms with Crippen molar-refractivity contribution in [1.29, 1.82) is 0 Å². The number of benzene rings is 2. The smallest absolute Gasteiger partial charge is 0.254 e. The first-order valence-electron chi connectivity index (χ1n) is 10.4. The van der Waals surface area contributed by atoms with Crippen LogP contribution < -0.4 is 19.7 Å². The number of nitrogens with one attached hydrogen (secondary N) is 1. The molecule has 1 N–H and O–H groups in total. The molecule has 2 aromatic carbocycles. The van der Waals surface area contributed by atoms with Gasteiger partial charge in [-0.15, -0.1) is 0 Å². The van der Waals surface area contributed by atoms with Crippen LogP contribution in [0.3, 0.4) is 0 Å². The third-order valence-electron chi connectivity index (χ3n) is 5.28. The van der Waals surface area contributed by atoms with E-state index in [2.05, 4.69) is 12.2 Å². The Morgan fingerprint density at radius 2 is 1.97 bits per heavy atom. The maximum Gasteiger partial charge on any atom is 0.254 e. The lowest BCUT2D eigenvalue weighted by atomic mass is 10.0. The molecule has 1 atom stereocenters. The molecule has 160 valence electrons. The molecule has 0 fully saturated rings. The van der Waals surface area contributed by atoms with E-state index in [9.17, 15) is 9.59 Å². The Morgan fingerprint density at radius 1 is 1.17 bits per heavy atom. The average Bonchev–Trinajstić information content (AvgIpc) is 2.98. The first-order valence-corrected chi connectivity index (χ1v) is 10.4. The van der Waals surface area contributed by atoms with Crippen molar-refractivity contribution in [3.63, 3.8) is 0 Å². The van der Waals surface area contributed by atoms with Crippen molar-refractivity contribution in [2.24, 2.45) is 0 Å². The van der Waals surface area contributed by atoms with Crippen molar-refractivity contribution >= 4 is 17.5 Å². The molecule has 0 saturated heterocycles. The second kappa shape index (κ2) is 9.65. The summed E-state index contributed by atoms with van der Waals surface area (Å²) in [5, 5.41) is 2.78. The SMILES string of the molecule is CCCCCOc1ccc(CN2C(=O)[C@@H](NC(C)=O)c3cccc(C)c32)cc1OC. The number of anilines is 1. The number of aryl methyl sites for hydroxylation is 1. The Morgan fingerprint density at radius 3 is 2.67 bits per heavy atom. The Kier molecular flexibility index (Phi) is 6.98. The molecule has 1 aliphatic rings. The maximum absolute atomic E-state index is 13.1. The van der Waals surface area contributed by atoms with Crippen LogP contribution in [0.4, 0.5) is 5.69 Å². The maximum atomic E-state index is 13.1. The zero-order chi connectivity index (χ0) is 21.7. The van der Waals surface area contributed by atoms with E-state index < -0.39 is 6.04 Å². The lowest BCUT2D eigenvalue weighted by molar-refractivity contribution is -0.126. The van der Waals surface area contributed by atoms with Crippen molar-refractivity contribution < 1.29 is 19.1 Å². The Labute approximate surface area is 178 Å². The predicted octanol–water partition coefficient (Wildman–Crippen LogP) is 4.30. The van der Waals surface area contributed by atoms with Crippen LogP contribution >= 0.6 is 0 Å². The molecule has 0 bridgehead atoms. The minimum absolute atomic E-state index is 0.131. The number of ether oxygens (including phenoxy) is 2. The molecule has 0 saturated carbocycles. The fraction of sp³-hybridized carbons (Fsp3) is 0.417. The van der Waals surface area contributed by atoms with Crippen molar-refractivity contribution in [3.8, 4) is 11.5 Å². The molecule has 2 aromatic rings. The number of carbonyl (C=O) groups is 2. The van der Waals surface area contributed by atoms with E-state index in [1.54, 1.807) is 12.0 Å².